The molecule has 3 N–H and O–H groups in total. The van der Waals surface area contributed by atoms with Gasteiger partial charge in [0.1, 0.15) is 10.8 Å². The van der Waals surface area contributed by atoms with Crippen LogP contribution in [0.5, 0.6) is 0 Å². The molecule has 0 saturated carbocycles. The molecule has 1 unspecified atom stereocenters. The fourth-order valence-corrected chi connectivity index (χ4v) is 4.27. The number of hydrogen-bond acceptors (Lipinski definition) is 7. The third kappa shape index (κ3) is 6.30. The minimum atomic E-state index is -0.217. The molecule has 1 fully saturated rings. The van der Waals surface area contributed by atoms with Crippen molar-refractivity contribution in [3.8, 4) is 0 Å². The second-order valence-electron chi connectivity index (χ2n) is 7.23. The van der Waals surface area contributed by atoms with Crippen LogP contribution in [0.3, 0.4) is 0 Å². The minimum absolute atomic E-state index is 0.0539. The van der Waals surface area contributed by atoms with E-state index in [1.165, 1.54) is 11.8 Å². The first-order chi connectivity index (χ1) is 14.0. The number of thioether (sulfide) groups is 1. The number of nitrogens with one attached hydrogen (secondary N) is 1. The van der Waals surface area contributed by atoms with Crippen LogP contribution in [0, 0.1) is 12.8 Å². The molecular formula is C20H27N5O3S. The van der Waals surface area contributed by atoms with E-state index in [2.05, 4.69) is 20.4 Å². The van der Waals surface area contributed by atoms with E-state index in [1.54, 1.807) is 18.3 Å². The van der Waals surface area contributed by atoms with Crippen molar-refractivity contribution < 1.29 is 14.1 Å². The van der Waals surface area contributed by atoms with Crippen molar-refractivity contribution in [1.82, 2.24) is 20.4 Å². The summed E-state index contributed by atoms with van der Waals surface area (Å²) in [4.78, 5) is 30.6. The van der Waals surface area contributed by atoms with Crippen LogP contribution in [0.15, 0.2) is 33.9 Å². The van der Waals surface area contributed by atoms with Crippen molar-refractivity contribution in [2.75, 3.05) is 26.2 Å². The van der Waals surface area contributed by atoms with Crippen molar-refractivity contribution >= 4 is 23.6 Å². The fraction of sp³-hybridized carbons (Fsp3) is 0.500. The van der Waals surface area contributed by atoms with E-state index in [1.807, 2.05) is 13.0 Å². The number of likely N-dealkylation sites (tertiary alicyclic amines) is 1. The van der Waals surface area contributed by atoms with Crippen LogP contribution in [0.25, 0.3) is 0 Å². The Kier molecular flexibility index (Phi) is 7.65. The summed E-state index contributed by atoms with van der Waals surface area (Å²) >= 11 is 1.46. The third-order valence-electron chi connectivity index (χ3n) is 4.89. The van der Waals surface area contributed by atoms with Crippen molar-refractivity contribution in [2.24, 2.45) is 11.7 Å². The van der Waals surface area contributed by atoms with Crippen molar-refractivity contribution in [3.05, 3.63) is 41.4 Å². The first-order valence-corrected chi connectivity index (χ1v) is 10.8. The predicted octanol–water partition coefficient (Wildman–Crippen LogP) is 1.99. The number of nitrogens with two attached hydrogens (primary N) is 1. The lowest BCUT2D eigenvalue weighted by molar-refractivity contribution is -0.123. The molecule has 1 atom stereocenters. The third-order valence-corrected chi connectivity index (χ3v) is 5.93. The molecule has 2 aromatic rings. The number of piperidine rings is 1. The van der Waals surface area contributed by atoms with Crippen molar-refractivity contribution in [3.63, 3.8) is 0 Å². The normalized spacial score (nSPS) is 17.2. The number of carbonyl (C=O) groups is 2. The van der Waals surface area contributed by atoms with Gasteiger partial charge in [-0.25, -0.2) is 4.98 Å². The molecule has 156 valence electrons. The molecule has 0 radical (unpaired) electrons. The van der Waals surface area contributed by atoms with Crippen LogP contribution in [0.4, 0.5) is 0 Å². The summed E-state index contributed by atoms with van der Waals surface area (Å²) in [7, 11) is 0. The molecule has 0 aliphatic carbocycles. The molecule has 3 heterocycles. The van der Waals surface area contributed by atoms with Crippen molar-refractivity contribution in [2.45, 2.75) is 37.0 Å². The molecule has 0 aromatic carbocycles. The van der Waals surface area contributed by atoms with E-state index in [9.17, 15) is 9.59 Å². The fourth-order valence-electron chi connectivity index (χ4n) is 3.40. The van der Waals surface area contributed by atoms with Gasteiger partial charge in [-0.15, -0.1) is 0 Å². The molecular weight excluding hydrogens is 390 g/mol. The summed E-state index contributed by atoms with van der Waals surface area (Å²) in [5.41, 5.74) is 6.81. The zero-order valence-corrected chi connectivity index (χ0v) is 17.4. The number of rotatable bonds is 9. The smallest absolute Gasteiger partial charge is 0.254 e. The predicted molar refractivity (Wildman–Crippen MR) is 110 cm³/mol. The maximum Gasteiger partial charge on any atom is 0.254 e. The largest absolute Gasteiger partial charge is 0.369 e. The van der Waals surface area contributed by atoms with Crippen LogP contribution < -0.4 is 11.1 Å². The first-order valence-electron chi connectivity index (χ1n) is 9.83. The zero-order chi connectivity index (χ0) is 20.6. The highest BCUT2D eigenvalue weighted by Crippen LogP contribution is 2.24. The lowest BCUT2D eigenvalue weighted by Crippen LogP contribution is -2.42. The summed E-state index contributed by atoms with van der Waals surface area (Å²) in [5.74, 6) is 0.943. The monoisotopic (exact) mass is 417 g/mol. The molecule has 2 amide bonds. The summed E-state index contributed by atoms with van der Waals surface area (Å²) in [6.45, 7) is 4.94. The number of aryl methyl sites for hydroxylation is 1. The lowest BCUT2D eigenvalue weighted by atomic mass is 9.97. The first kappa shape index (κ1) is 21.3. The zero-order valence-electron chi connectivity index (χ0n) is 16.6. The Labute approximate surface area is 174 Å². The molecule has 0 bridgehead atoms. The molecule has 29 heavy (non-hydrogen) atoms. The summed E-state index contributed by atoms with van der Waals surface area (Å²) in [5, 5.41) is 7.61. The molecule has 9 heteroatoms. The van der Waals surface area contributed by atoms with E-state index in [-0.39, 0.29) is 17.7 Å². The van der Waals surface area contributed by atoms with Gasteiger partial charge in [-0.2, -0.15) is 0 Å². The minimum Gasteiger partial charge on any atom is -0.369 e. The van der Waals surface area contributed by atoms with E-state index in [0.29, 0.717) is 29.4 Å². The molecule has 1 aliphatic heterocycles. The average Bonchev–Trinajstić information content (AvgIpc) is 3.15. The highest BCUT2D eigenvalue weighted by molar-refractivity contribution is 7.98. The highest BCUT2D eigenvalue weighted by atomic mass is 32.2. The Bertz CT molecular complexity index is 841. The number of pyridine rings is 1. The Balaban J connectivity index is 1.45. The SMILES string of the molecule is Cc1cc(CSc2ncccc2C(=O)NCCCN2CCCC(C(N)=O)C2)no1. The van der Waals surface area contributed by atoms with Gasteiger partial charge in [-0.05, 0) is 51.4 Å². The topological polar surface area (TPSA) is 114 Å². The van der Waals surface area contributed by atoms with Crippen LogP contribution in [0.1, 0.15) is 41.1 Å². The van der Waals surface area contributed by atoms with Crippen LogP contribution >= 0.6 is 11.8 Å². The second-order valence-corrected chi connectivity index (χ2v) is 8.19. The molecule has 1 saturated heterocycles. The number of primary amides is 1. The van der Waals surface area contributed by atoms with Gasteiger partial charge >= 0.3 is 0 Å². The van der Waals surface area contributed by atoms with E-state index >= 15 is 0 Å². The van der Waals surface area contributed by atoms with Crippen LogP contribution in [-0.2, 0) is 10.5 Å². The Hall–Kier alpha value is -2.39. The van der Waals surface area contributed by atoms with E-state index in [0.717, 1.165) is 43.8 Å². The Morgan fingerprint density at radius 2 is 2.31 bits per heavy atom. The maximum atomic E-state index is 12.6. The standard InChI is InChI=1S/C20H27N5O3S/c1-14-11-16(24-28-14)13-29-20-17(6-2-7-23-20)19(27)22-8-4-10-25-9-3-5-15(12-25)18(21)26/h2,6-7,11,15H,3-5,8-10,12-13H2,1H3,(H2,21,26)(H,22,27). The number of hydrogen-bond donors (Lipinski definition) is 2. The summed E-state index contributed by atoms with van der Waals surface area (Å²) in [6, 6.07) is 5.41. The van der Waals surface area contributed by atoms with Crippen LogP contribution in [-0.4, -0.2) is 53.0 Å². The molecule has 3 rings (SSSR count). The Morgan fingerprint density at radius 3 is 3.07 bits per heavy atom. The highest BCUT2D eigenvalue weighted by Gasteiger charge is 2.23. The van der Waals surface area contributed by atoms with Gasteiger partial charge in [-0.1, -0.05) is 16.9 Å². The molecule has 8 nitrogen and oxygen atoms in total. The summed E-state index contributed by atoms with van der Waals surface area (Å²) in [6.07, 6.45) is 4.36. The van der Waals surface area contributed by atoms with Gasteiger partial charge in [0.05, 0.1) is 17.2 Å². The maximum absolute atomic E-state index is 12.6. The van der Waals surface area contributed by atoms with Gasteiger partial charge in [0.25, 0.3) is 5.91 Å². The Morgan fingerprint density at radius 1 is 1.45 bits per heavy atom. The van der Waals surface area contributed by atoms with Gasteiger partial charge in [0, 0.05) is 31.1 Å². The number of amides is 2. The summed E-state index contributed by atoms with van der Waals surface area (Å²) < 4.78 is 5.07. The molecule has 2 aromatic heterocycles. The van der Waals surface area contributed by atoms with Gasteiger partial charge in [0.2, 0.25) is 5.91 Å². The van der Waals surface area contributed by atoms with Crippen LogP contribution in [0.2, 0.25) is 0 Å². The molecule has 0 spiro atoms. The number of aromatic nitrogens is 2. The quantitative estimate of drug-likeness (QED) is 0.474. The van der Waals surface area contributed by atoms with Gasteiger partial charge in [0.15, 0.2) is 0 Å². The average molecular weight is 418 g/mol. The van der Waals surface area contributed by atoms with E-state index < -0.39 is 0 Å². The lowest BCUT2D eigenvalue weighted by Gasteiger charge is -2.31. The van der Waals surface area contributed by atoms with Crippen molar-refractivity contribution in [1.29, 1.82) is 0 Å². The number of nitrogens with zero attached hydrogens (tertiary/aromatic N) is 3. The van der Waals surface area contributed by atoms with Gasteiger partial charge in [-0.3, -0.25) is 9.59 Å². The van der Waals surface area contributed by atoms with E-state index in [4.69, 9.17) is 10.3 Å². The number of carbonyl (C=O) groups excluding carboxylic acids is 2. The van der Waals surface area contributed by atoms with Gasteiger partial charge < -0.3 is 20.5 Å². The molecule has 1 aliphatic rings. The second kappa shape index (κ2) is 10.4.